The lowest BCUT2D eigenvalue weighted by Gasteiger charge is -2.21. The largest absolute Gasteiger partial charge is 0.469 e. The Morgan fingerprint density at radius 3 is 2.71 bits per heavy atom. The molecule has 0 fully saturated rings. The van der Waals surface area contributed by atoms with Gasteiger partial charge < -0.3 is 9.73 Å². The van der Waals surface area contributed by atoms with Gasteiger partial charge >= 0.3 is 6.18 Å². The molecule has 1 atom stereocenters. The first-order valence-corrected chi connectivity index (χ1v) is 6.73. The van der Waals surface area contributed by atoms with E-state index in [4.69, 9.17) is 4.42 Å². The number of alkyl halides is 3. The minimum Gasteiger partial charge on any atom is -0.469 e. The molecule has 0 saturated heterocycles. The zero-order chi connectivity index (χ0) is 15.5. The number of hydrogen-bond acceptors (Lipinski definition) is 3. The van der Waals surface area contributed by atoms with E-state index < -0.39 is 17.8 Å². The first-order chi connectivity index (χ1) is 9.93. The Balaban J connectivity index is 2.46. The van der Waals surface area contributed by atoms with Crippen LogP contribution in [-0.2, 0) is 6.18 Å². The number of aryl methyl sites for hydroxylation is 1. The van der Waals surface area contributed by atoms with E-state index >= 15 is 0 Å². The Bertz CT molecular complexity index is 593. The second-order valence-corrected chi connectivity index (χ2v) is 4.84. The van der Waals surface area contributed by atoms with Crippen molar-refractivity contribution in [1.29, 1.82) is 0 Å². The summed E-state index contributed by atoms with van der Waals surface area (Å²) in [5.41, 5.74) is 0.101. The molecule has 0 amide bonds. The molecule has 1 N–H and O–H groups in total. The first kappa shape index (κ1) is 15.6. The molecule has 2 aromatic rings. The van der Waals surface area contributed by atoms with Crippen LogP contribution in [-0.4, -0.2) is 11.5 Å². The standard InChI is InChI=1S/C15H17F3N2O/c1-3-5-20-14(11-7-10(2)21-9-11)12-8-19-6-4-13(12)15(16,17)18/h4,6-9,14,20H,3,5H2,1-2H3. The molecule has 21 heavy (non-hydrogen) atoms. The molecule has 2 heterocycles. The van der Waals surface area contributed by atoms with E-state index in [0.717, 1.165) is 18.7 Å². The third kappa shape index (κ3) is 3.64. The zero-order valence-electron chi connectivity index (χ0n) is 11.9. The number of nitrogens with zero attached hydrogens (tertiary/aromatic N) is 1. The van der Waals surface area contributed by atoms with Crippen molar-refractivity contribution >= 4 is 0 Å². The Morgan fingerprint density at radius 1 is 1.38 bits per heavy atom. The van der Waals surface area contributed by atoms with E-state index in [-0.39, 0.29) is 5.56 Å². The number of halogens is 3. The van der Waals surface area contributed by atoms with Crippen LogP contribution in [0.3, 0.4) is 0 Å². The lowest BCUT2D eigenvalue weighted by atomic mass is 9.97. The van der Waals surface area contributed by atoms with Gasteiger partial charge in [-0.05, 0) is 32.0 Å². The highest BCUT2D eigenvalue weighted by Crippen LogP contribution is 2.36. The third-order valence-corrected chi connectivity index (χ3v) is 3.15. The number of hydrogen-bond donors (Lipinski definition) is 1. The van der Waals surface area contributed by atoms with Gasteiger partial charge in [-0.1, -0.05) is 6.92 Å². The van der Waals surface area contributed by atoms with Crippen molar-refractivity contribution in [3.05, 3.63) is 53.2 Å². The molecule has 3 nitrogen and oxygen atoms in total. The molecule has 6 heteroatoms. The van der Waals surface area contributed by atoms with Crippen molar-refractivity contribution in [2.75, 3.05) is 6.54 Å². The maximum Gasteiger partial charge on any atom is 0.416 e. The summed E-state index contributed by atoms with van der Waals surface area (Å²) in [7, 11) is 0. The van der Waals surface area contributed by atoms with Crippen molar-refractivity contribution in [3.8, 4) is 0 Å². The predicted molar refractivity (Wildman–Crippen MR) is 72.8 cm³/mol. The average Bonchev–Trinajstić information content (AvgIpc) is 2.85. The van der Waals surface area contributed by atoms with Crippen LogP contribution in [0, 0.1) is 6.92 Å². The maximum absolute atomic E-state index is 13.2. The normalized spacial score (nSPS) is 13.4. The highest BCUT2D eigenvalue weighted by molar-refractivity contribution is 5.36. The van der Waals surface area contributed by atoms with Crippen LogP contribution in [0.1, 0.15) is 41.8 Å². The molecule has 2 rings (SSSR count). The molecule has 0 spiro atoms. The summed E-state index contributed by atoms with van der Waals surface area (Å²) in [5, 5.41) is 3.13. The van der Waals surface area contributed by atoms with Gasteiger partial charge in [0, 0.05) is 23.5 Å². The Kier molecular flexibility index (Phi) is 4.67. The lowest BCUT2D eigenvalue weighted by Crippen LogP contribution is -2.25. The van der Waals surface area contributed by atoms with Gasteiger partial charge in [-0.3, -0.25) is 4.98 Å². The minimum absolute atomic E-state index is 0.110. The van der Waals surface area contributed by atoms with Crippen LogP contribution in [0.5, 0.6) is 0 Å². The summed E-state index contributed by atoms with van der Waals surface area (Å²) < 4.78 is 44.7. The van der Waals surface area contributed by atoms with Crippen LogP contribution in [0.25, 0.3) is 0 Å². The summed E-state index contributed by atoms with van der Waals surface area (Å²) in [4.78, 5) is 3.85. The smallest absolute Gasteiger partial charge is 0.416 e. The zero-order valence-corrected chi connectivity index (χ0v) is 11.9. The van der Waals surface area contributed by atoms with Crippen molar-refractivity contribution in [1.82, 2.24) is 10.3 Å². The second kappa shape index (κ2) is 6.30. The molecule has 114 valence electrons. The van der Waals surface area contributed by atoms with E-state index in [9.17, 15) is 13.2 Å². The number of furan rings is 1. The molecule has 0 aliphatic carbocycles. The summed E-state index contributed by atoms with van der Waals surface area (Å²) in [6.07, 6.45) is 0.302. The topological polar surface area (TPSA) is 38.1 Å². The molecule has 0 aliphatic rings. The predicted octanol–water partition coefficient (Wildman–Crippen LogP) is 4.09. The lowest BCUT2D eigenvalue weighted by molar-refractivity contribution is -0.138. The van der Waals surface area contributed by atoms with E-state index in [1.54, 1.807) is 13.0 Å². The molecular formula is C15H17F3N2O. The molecule has 0 radical (unpaired) electrons. The molecule has 1 unspecified atom stereocenters. The van der Waals surface area contributed by atoms with Gasteiger partial charge in [0.1, 0.15) is 5.76 Å². The number of pyridine rings is 1. The van der Waals surface area contributed by atoms with E-state index in [1.807, 2.05) is 6.92 Å². The Hall–Kier alpha value is -1.82. The monoisotopic (exact) mass is 298 g/mol. The molecule has 0 saturated carbocycles. The fourth-order valence-electron chi connectivity index (χ4n) is 2.21. The SMILES string of the molecule is CCCNC(c1coc(C)c1)c1cnccc1C(F)(F)F. The Morgan fingerprint density at radius 2 is 2.14 bits per heavy atom. The van der Waals surface area contributed by atoms with E-state index in [0.29, 0.717) is 17.9 Å². The summed E-state index contributed by atoms with van der Waals surface area (Å²) in [6.45, 7) is 4.31. The summed E-state index contributed by atoms with van der Waals surface area (Å²) in [5.74, 6) is 0.658. The molecule has 0 aromatic carbocycles. The number of nitrogens with one attached hydrogen (secondary N) is 1. The van der Waals surface area contributed by atoms with Crippen molar-refractivity contribution in [2.24, 2.45) is 0 Å². The van der Waals surface area contributed by atoms with Crippen LogP contribution < -0.4 is 5.32 Å². The van der Waals surface area contributed by atoms with Crippen LogP contribution in [0.2, 0.25) is 0 Å². The number of rotatable bonds is 5. The quantitative estimate of drug-likeness (QED) is 0.903. The first-order valence-electron chi connectivity index (χ1n) is 6.73. The minimum atomic E-state index is -4.41. The van der Waals surface area contributed by atoms with Crippen LogP contribution in [0.15, 0.2) is 35.2 Å². The fraction of sp³-hybridized carbons (Fsp3) is 0.400. The summed E-state index contributed by atoms with van der Waals surface area (Å²) >= 11 is 0. The van der Waals surface area contributed by atoms with Crippen molar-refractivity contribution < 1.29 is 17.6 Å². The van der Waals surface area contributed by atoms with E-state index in [2.05, 4.69) is 10.3 Å². The van der Waals surface area contributed by atoms with Gasteiger partial charge in [0.05, 0.1) is 17.9 Å². The molecule has 0 aliphatic heterocycles. The number of aromatic nitrogens is 1. The average molecular weight is 298 g/mol. The molecular weight excluding hydrogens is 281 g/mol. The molecule has 0 bridgehead atoms. The van der Waals surface area contributed by atoms with E-state index in [1.165, 1.54) is 12.5 Å². The van der Waals surface area contributed by atoms with Crippen LogP contribution >= 0.6 is 0 Å². The second-order valence-electron chi connectivity index (χ2n) is 4.84. The Labute approximate surface area is 121 Å². The van der Waals surface area contributed by atoms with Crippen LogP contribution in [0.4, 0.5) is 13.2 Å². The van der Waals surface area contributed by atoms with Gasteiger partial charge in [0.25, 0.3) is 0 Å². The van der Waals surface area contributed by atoms with Crippen molar-refractivity contribution in [3.63, 3.8) is 0 Å². The van der Waals surface area contributed by atoms with Gasteiger partial charge in [0.15, 0.2) is 0 Å². The van der Waals surface area contributed by atoms with Crippen molar-refractivity contribution in [2.45, 2.75) is 32.5 Å². The van der Waals surface area contributed by atoms with Gasteiger partial charge in [-0.25, -0.2) is 0 Å². The van der Waals surface area contributed by atoms with Gasteiger partial charge in [-0.2, -0.15) is 13.2 Å². The van der Waals surface area contributed by atoms with Gasteiger partial charge in [-0.15, -0.1) is 0 Å². The highest BCUT2D eigenvalue weighted by Gasteiger charge is 2.35. The van der Waals surface area contributed by atoms with Gasteiger partial charge in [0.2, 0.25) is 0 Å². The third-order valence-electron chi connectivity index (χ3n) is 3.15. The maximum atomic E-state index is 13.2. The summed E-state index contributed by atoms with van der Waals surface area (Å²) in [6, 6.07) is 2.15. The fourth-order valence-corrected chi connectivity index (χ4v) is 2.21. The highest BCUT2D eigenvalue weighted by atomic mass is 19.4. The molecule has 2 aromatic heterocycles.